The largest absolute Gasteiger partial charge is 0.355 e. The van der Waals surface area contributed by atoms with E-state index in [1.165, 1.54) is 25.7 Å². The molecule has 0 aliphatic heterocycles. The number of rotatable bonds is 5. The molecule has 0 aromatic heterocycles. The van der Waals surface area contributed by atoms with Crippen molar-refractivity contribution in [3.63, 3.8) is 0 Å². The number of carbonyl (C=O) groups excluding carboxylic acids is 1. The van der Waals surface area contributed by atoms with Crippen molar-refractivity contribution in [3.8, 4) is 0 Å². The number of hydrogen-bond acceptors (Lipinski definition) is 2. The van der Waals surface area contributed by atoms with E-state index in [0.717, 1.165) is 18.4 Å². The zero-order valence-corrected chi connectivity index (χ0v) is 10.9. The molecule has 2 atom stereocenters. The van der Waals surface area contributed by atoms with E-state index in [1.807, 2.05) is 6.92 Å². The zero-order valence-electron chi connectivity index (χ0n) is 10.9. The van der Waals surface area contributed by atoms with Crippen LogP contribution in [0, 0.1) is 11.8 Å². The monoisotopic (exact) mass is 226 g/mol. The smallest absolute Gasteiger partial charge is 0.233 e. The van der Waals surface area contributed by atoms with Crippen molar-refractivity contribution >= 4 is 5.91 Å². The van der Waals surface area contributed by atoms with E-state index >= 15 is 0 Å². The quantitative estimate of drug-likeness (QED) is 0.752. The lowest BCUT2D eigenvalue weighted by atomic mass is 9.79. The molecule has 0 aromatic carbocycles. The average Bonchev–Trinajstić information content (AvgIpc) is 2.27. The molecule has 1 rings (SSSR count). The fraction of sp³-hybridized carbons (Fsp3) is 0.923. The maximum absolute atomic E-state index is 11.3. The third kappa shape index (κ3) is 4.52. The second-order valence-corrected chi connectivity index (χ2v) is 5.20. The Morgan fingerprint density at radius 1 is 1.38 bits per heavy atom. The lowest BCUT2D eigenvalue weighted by molar-refractivity contribution is -0.120. The van der Waals surface area contributed by atoms with E-state index in [1.54, 1.807) is 0 Å². The summed E-state index contributed by atoms with van der Waals surface area (Å²) in [4.78, 5) is 11.3. The van der Waals surface area contributed by atoms with Crippen molar-refractivity contribution < 1.29 is 4.79 Å². The third-order valence-corrected chi connectivity index (χ3v) is 3.58. The molecule has 0 saturated heterocycles. The van der Waals surface area contributed by atoms with E-state index in [2.05, 4.69) is 24.5 Å². The summed E-state index contributed by atoms with van der Waals surface area (Å²) in [5.74, 6) is 1.73. The molecule has 1 amide bonds. The molecule has 0 bridgehead atoms. The van der Waals surface area contributed by atoms with E-state index in [-0.39, 0.29) is 5.91 Å². The van der Waals surface area contributed by atoms with Gasteiger partial charge in [-0.25, -0.2) is 0 Å². The number of nitrogens with one attached hydrogen (secondary N) is 2. The highest BCUT2D eigenvalue weighted by molar-refractivity contribution is 5.77. The Kier molecular flexibility index (Phi) is 5.81. The molecule has 0 aromatic rings. The first-order valence-corrected chi connectivity index (χ1v) is 6.63. The highest BCUT2D eigenvalue weighted by Crippen LogP contribution is 2.29. The highest BCUT2D eigenvalue weighted by Gasteiger charge is 2.23. The Balaban J connectivity index is 2.24. The van der Waals surface area contributed by atoms with Crippen LogP contribution in [0.25, 0.3) is 0 Å². The number of hydrogen-bond donors (Lipinski definition) is 2. The molecule has 3 nitrogen and oxygen atoms in total. The minimum absolute atomic E-state index is 0.120. The van der Waals surface area contributed by atoms with Crippen LogP contribution in [0.15, 0.2) is 0 Å². The second-order valence-electron chi connectivity index (χ2n) is 5.20. The van der Waals surface area contributed by atoms with Gasteiger partial charge in [0.15, 0.2) is 0 Å². The van der Waals surface area contributed by atoms with Crippen LogP contribution in [0.4, 0.5) is 0 Å². The summed E-state index contributed by atoms with van der Waals surface area (Å²) in [5, 5.41) is 6.20. The van der Waals surface area contributed by atoms with Crippen LogP contribution in [0.3, 0.4) is 0 Å². The van der Waals surface area contributed by atoms with Crippen LogP contribution >= 0.6 is 0 Å². The number of amides is 1. The van der Waals surface area contributed by atoms with Crippen molar-refractivity contribution in [2.24, 2.45) is 11.8 Å². The molecule has 2 N–H and O–H groups in total. The van der Waals surface area contributed by atoms with Gasteiger partial charge in [0.1, 0.15) is 0 Å². The Bertz CT molecular complexity index is 216. The normalized spacial score (nSPS) is 25.8. The lowest BCUT2D eigenvalue weighted by Crippen LogP contribution is -2.41. The van der Waals surface area contributed by atoms with Crippen LogP contribution < -0.4 is 10.6 Å². The maximum atomic E-state index is 11.3. The van der Waals surface area contributed by atoms with Crippen molar-refractivity contribution in [1.29, 1.82) is 0 Å². The summed E-state index contributed by atoms with van der Waals surface area (Å²) >= 11 is 0. The van der Waals surface area contributed by atoms with Gasteiger partial charge in [0.25, 0.3) is 0 Å². The van der Waals surface area contributed by atoms with Gasteiger partial charge in [-0.1, -0.05) is 26.7 Å². The molecule has 0 heterocycles. The van der Waals surface area contributed by atoms with Gasteiger partial charge < -0.3 is 10.6 Å². The van der Waals surface area contributed by atoms with Gasteiger partial charge in [0.2, 0.25) is 5.91 Å². The van der Waals surface area contributed by atoms with Crippen LogP contribution in [0.2, 0.25) is 0 Å². The van der Waals surface area contributed by atoms with Crippen molar-refractivity contribution in [2.75, 3.05) is 13.1 Å². The minimum atomic E-state index is 0.120. The molecule has 16 heavy (non-hydrogen) atoms. The molecule has 94 valence electrons. The summed E-state index contributed by atoms with van der Waals surface area (Å²) < 4.78 is 0. The van der Waals surface area contributed by atoms with Crippen LogP contribution in [-0.2, 0) is 4.79 Å². The summed E-state index contributed by atoms with van der Waals surface area (Å²) in [7, 11) is 0. The fourth-order valence-corrected chi connectivity index (χ4v) is 2.52. The second kappa shape index (κ2) is 6.89. The van der Waals surface area contributed by atoms with Gasteiger partial charge in [0, 0.05) is 12.6 Å². The Hall–Kier alpha value is -0.570. The predicted molar refractivity (Wildman–Crippen MR) is 67.3 cm³/mol. The molecule has 1 saturated carbocycles. The van der Waals surface area contributed by atoms with Crippen molar-refractivity contribution in [1.82, 2.24) is 10.6 Å². The Morgan fingerprint density at radius 3 is 2.75 bits per heavy atom. The number of likely N-dealkylation sites (N-methyl/N-ethyl adjacent to an activating group) is 1. The fourth-order valence-electron chi connectivity index (χ4n) is 2.52. The van der Waals surface area contributed by atoms with E-state index in [9.17, 15) is 4.79 Å². The third-order valence-electron chi connectivity index (χ3n) is 3.58. The first-order valence-electron chi connectivity index (χ1n) is 6.63. The van der Waals surface area contributed by atoms with Crippen LogP contribution in [-0.4, -0.2) is 25.0 Å². The molecular formula is C13H26N2O. The van der Waals surface area contributed by atoms with E-state index < -0.39 is 0 Å². The van der Waals surface area contributed by atoms with Gasteiger partial charge in [-0.15, -0.1) is 0 Å². The first-order chi connectivity index (χ1) is 7.63. The topological polar surface area (TPSA) is 41.1 Å². The minimum Gasteiger partial charge on any atom is -0.355 e. The summed E-state index contributed by atoms with van der Waals surface area (Å²) in [6.07, 6.45) is 5.12. The van der Waals surface area contributed by atoms with Crippen molar-refractivity contribution in [2.45, 2.75) is 52.5 Å². The van der Waals surface area contributed by atoms with Gasteiger partial charge in [-0.3, -0.25) is 4.79 Å². The summed E-state index contributed by atoms with van der Waals surface area (Å²) in [6, 6.07) is 0.545. The molecular weight excluding hydrogens is 200 g/mol. The standard InChI is InChI=1S/C13H26N2O/c1-4-14-13(16)9-15-12-7-5-6-11(8-12)10(2)3/h10-12,15H,4-9H2,1-3H3,(H,14,16). The summed E-state index contributed by atoms with van der Waals surface area (Å²) in [5.41, 5.74) is 0. The van der Waals surface area contributed by atoms with Crippen LogP contribution in [0.5, 0.6) is 0 Å². The van der Waals surface area contributed by atoms with Gasteiger partial charge in [0.05, 0.1) is 6.54 Å². The molecule has 3 heteroatoms. The molecule has 0 spiro atoms. The van der Waals surface area contributed by atoms with Crippen molar-refractivity contribution in [3.05, 3.63) is 0 Å². The Morgan fingerprint density at radius 2 is 2.12 bits per heavy atom. The van der Waals surface area contributed by atoms with E-state index in [4.69, 9.17) is 0 Å². The summed E-state index contributed by atoms with van der Waals surface area (Å²) in [6.45, 7) is 7.75. The van der Waals surface area contributed by atoms with Gasteiger partial charge >= 0.3 is 0 Å². The van der Waals surface area contributed by atoms with E-state index in [0.29, 0.717) is 12.6 Å². The van der Waals surface area contributed by atoms with Gasteiger partial charge in [-0.05, 0) is 31.6 Å². The number of carbonyl (C=O) groups is 1. The first kappa shape index (κ1) is 13.5. The molecule has 0 radical (unpaired) electrons. The van der Waals surface area contributed by atoms with Crippen LogP contribution in [0.1, 0.15) is 46.5 Å². The molecule has 1 aliphatic rings. The molecule has 2 unspecified atom stereocenters. The Labute approximate surface area is 99.4 Å². The maximum Gasteiger partial charge on any atom is 0.233 e. The molecule has 1 fully saturated rings. The average molecular weight is 226 g/mol. The highest BCUT2D eigenvalue weighted by atomic mass is 16.1. The van der Waals surface area contributed by atoms with Gasteiger partial charge in [-0.2, -0.15) is 0 Å². The predicted octanol–water partition coefficient (Wildman–Crippen LogP) is 1.93. The SMILES string of the molecule is CCNC(=O)CNC1CCCC(C(C)C)C1. The zero-order chi connectivity index (χ0) is 12.0. The lowest BCUT2D eigenvalue weighted by Gasteiger charge is -2.32. The molecule has 1 aliphatic carbocycles.